The molecular formula is C4H3N4Na2S6+. The predicted octanol–water partition coefficient (Wildman–Crippen LogP) is -3.02. The molecule has 2 rings (SSSR count). The standard InChI is InChI=1S/2C2H2N2S3.2Na/c2*5-1-3-4-2(6)7-1;;/h2*(H,3,5)(H,4,6);;/q;;2*+1/p-1. The molecule has 2 aromatic rings. The van der Waals surface area contributed by atoms with Crippen molar-refractivity contribution < 1.29 is 59.1 Å². The van der Waals surface area contributed by atoms with Crippen molar-refractivity contribution in [2.24, 2.45) is 0 Å². The van der Waals surface area contributed by atoms with Gasteiger partial charge in [0.25, 0.3) is 0 Å². The van der Waals surface area contributed by atoms with Gasteiger partial charge in [0.2, 0.25) is 0 Å². The normalized spacial score (nSPS) is 8.00. The topological polar surface area (TPSA) is 60.3 Å². The number of aromatic nitrogens is 4. The van der Waals surface area contributed by atoms with Crippen LogP contribution in [0.25, 0.3) is 0 Å². The Balaban J connectivity index is 0. The summed E-state index contributed by atoms with van der Waals surface area (Å²) < 4.78 is 2.62. The van der Waals surface area contributed by atoms with Crippen molar-refractivity contribution in [1.82, 2.24) is 20.4 Å². The maximum Gasteiger partial charge on any atom is 1.00 e. The molecule has 3 N–H and O–H groups in total. The molecule has 0 fully saturated rings. The molecule has 0 unspecified atom stereocenters. The summed E-state index contributed by atoms with van der Waals surface area (Å²) in [5, 5.41) is 11.5. The van der Waals surface area contributed by atoms with E-state index in [0.717, 1.165) is 0 Å². The summed E-state index contributed by atoms with van der Waals surface area (Å²) in [4.78, 5) is 0. The van der Waals surface area contributed by atoms with Crippen LogP contribution in [-0.2, 0) is 12.6 Å². The zero-order valence-electron chi connectivity index (χ0n) is 8.40. The van der Waals surface area contributed by atoms with Gasteiger partial charge in [0.1, 0.15) is 0 Å². The van der Waals surface area contributed by atoms with Gasteiger partial charge in [-0.15, -0.1) is 0 Å². The molecule has 0 aromatic carbocycles. The largest absolute Gasteiger partial charge is 1.00 e. The van der Waals surface area contributed by atoms with Crippen LogP contribution in [0.1, 0.15) is 0 Å². The molecule has 0 aliphatic rings. The SMILES string of the molecule is S=c1[nH][nH]c(=S)s1.S=c1[nH]nc([S-])s1.[Na+].[Na+]. The summed E-state index contributed by atoms with van der Waals surface area (Å²) >= 11 is 21.4. The second-order valence-corrected chi connectivity index (χ2v) is 6.47. The minimum absolute atomic E-state index is 0. The molecule has 2 aromatic heterocycles. The van der Waals surface area contributed by atoms with Gasteiger partial charge in [-0.05, 0) is 28.8 Å². The Morgan fingerprint density at radius 1 is 0.938 bits per heavy atom. The molecule has 0 saturated heterocycles. The van der Waals surface area contributed by atoms with Crippen molar-refractivity contribution in [2.45, 2.75) is 4.34 Å². The molecule has 0 radical (unpaired) electrons. The number of hydrogen-bond donors (Lipinski definition) is 3. The van der Waals surface area contributed by atoms with E-state index in [1.54, 1.807) is 0 Å². The van der Waals surface area contributed by atoms with Gasteiger partial charge in [0.15, 0.2) is 7.91 Å². The first kappa shape index (κ1) is 20.3. The molecule has 0 aliphatic carbocycles. The summed E-state index contributed by atoms with van der Waals surface area (Å²) in [6.07, 6.45) is 0. The molecule has 0 spiro atoms. The fourth-order valence-electron chi connectivity index (χ4n) is 0.454. The van der Waals surface area contributed by atoms with Crippen LogP contribution in [0, 0.1) is 11.9 Å². The summed E-state index contributed by atoms with van der Waals surface area (Å²) in [5.74, 6) is 0. The molecule has 16 heavy (non-hydrogen) atoms. The zero-order chi connectivity index (χ0) is 10.6. The van der Waals surface area contributed by atoms with Crippen LogP contribution in [0.4, 0.5) is 0 Å². The first-order valence-corrected chi connectivity index (χ1v) is 6.35. The molecule has 0 amide bonds. The minimum Gasteiger partial charge on any atom is -0.406 e. The first-order chi connectivity index (χ1) is 6.58. The number of nitrogens with one attached hydrogen (secondary N) is 3. The average molecular weight is 345 g/mol. The third-order valence-corrected chi connectivity index (χ3v) is 3.37. The molecule has 12 heteroatoms. The molecule has 0 aliphatic heterocycles. The Morgan fingerprint density at radius 3 is 1.56 bits per heavy atom. The zero-order valence-corrected chi connectivity index (χ0v) is 17.3. The van der Waals surface area contributed by atoms with Crippen molar-refractivity contribution in [3.8, 4) is 0 Å². The predicted molar refractivity (Wildman–Crippen MR) is 67.6 cm³/mol. The van der Waals surface area contributed by atoms with E-state index in [0.29, 0.717) is 16.2 Å². The summed E-state index contributed by atoms with van der Waals surface area (Å²) in [5.41, 5.74) is 0. The molecular weight excluding hydrogens is 342 g/mol. The Morgan fingerprint density at radius 2 is 1.44 bits per heavy atom. The molecule has 4 nitrogen and oxygen atoms in total. The Bertz CT molecular complexity index is 523. The second kappa shape index (κ2) is 10.9. The van der Waals surface area contributed by atoms with Gasteiger partial charge in [0, 0.05) is 0 Å². The van der Waals surface area contributed by atoms with Gasteiger partial charge in [-0.1, -0.05) is 23.6 Å². The van der Waals surface area contributed by atoms with E-state index in [1.807, 2.05) is 0 Å². The van der Waals surface area contributed by atoms with E-state index in [1.165, 1.54) is 22.7 Å². The Labute approximate surface area is 165 Å². The fourth-order valence-corrected chi connectivity index (χ4v) is 2.66. The molecule has 0 bridgehead atoms. The number of H-pyrrole nitrogens is 3. The molecule has 0 atom stereocenters. The number of nitrogens with zero attached hydrogens (tertiary/aromatic N) is 1. The van der Waals surface area contributed by atoms with E-state index >= 15 is 0 Å². The van der Waals surface area contributed by atoms with Crippen LogP contribution < -0.4 is 59.1 Å². The van der Waals surface area contributed by atoms with E-state index in [2.05, 4.69) is 45.2 Å². The van der Waals surface area contributed by atoms with Crippen LogP contribution in [-0.4, -0.2) is 20.4 Å². The van der Waals surface area contributed by atoms with Gasteiger partial charge < -0.3 is 24.0 Å². The van der Waals surface area contributed by atoms with Gasteiger partial charge in [0.05, 0.1) is 3.95 Å². The third kappa shape index (κ3) is 9.00. The van der Waals surface area contributed by atoms with Crippen LogP contribution >= 0.6 is 59.3 Å². The summed E-state index contributed by atoms with van der Waals surface area (Å²) in [6.45, 7) is 0. The van der Waals surface area contributed by atoms with Crippen molar-refractivity contribution in [2.75, 3.05) is 0 Å². The van der Waals surface area contributed by atoms with Gasteiger partial charge in [-0.2, -0.15) is 5.10 Å². The van der Waals surface area contributed by atoms with Gasteiger partial charge in [-0.25, -0.2) is 0 Å². The Hall–Kier alpha value is 2.00. The smallest absolute Gasteiger partial charge is 0.406 e. The monoisotopic (exact) mass is 345 g/mol. The van der Waals surface area contributed by atoms with Crippen molar-refractivity contribution in [3.63, 3.8) is 0 Å². The number of hydrogen-bond acceptors (Lipinski definition) is 7. The summed E-state index contributed by atoms with van der Waals surface area (Å²) in [6, 6.07) is 0. The fraction of sp³-hybridized carbons (Fsp3) is 0. The maximum atomic E-state index is 4.70. The van der Waals surface area contributed by atoms with Crippen molar-refractivity contribution in [3.05, 3.63) is 11.9 Å². The number of rotatable bonds is 0. The van der Waals surface area contributed by atoms with Crippen LogP contribution in [0.2, 0.25) is 0 Å². The first-order valence-electron chi connectivity index (χ1n) is 3.08. The van der Waals surface area contributed by atoms with E-state index in [-0.39, 0.29) is 59.1 Å². The average Bonchev–Trinajstić information content (AvgIpc) is 2.63. The maximum absolute atomic E-state index is 4.70. The quantitative estimate of drug-likeness (QED) is 0.270. The van der Waals surface area contributed by atoms with Crippen LogP contribution in [0.15, 0.2) is 4.34 Å². The van der Waals surface area contributed by atoms with Crippen molar-refractivity contribution >= 4 is 72.0 Å². The van der Waals surface area contributed by atoms with E-state index < -0.39 is 0 Å². The third-order valence-electron chi connectivity index (χ3n) is 0.871. The summed E-state index contributed by atoms with van der Waals surface area (Å²) in [7, 11) is 0. The van der Waals surface area contributed by atoms with Crippen LogP contribution in [0.3, 0.4) is 0 Å². The van der Waals surface area contributed by atoms with E-state index in [4.69, 9.17) is 24.4 Å². The molecule has 2 heterocycles. The number of aromatic amines is 3. The minimum atomic E-state index is 0. The Kier molecular flexibility index (Phi) is 13.8. The molecule has 0 saturated carbocycles. The van der Waals surface area contributed by atoms with Gasteiger partial charge >= 0.3 is 59.1 Å². The van der Waals surface area contributed by atoms with E-state index in [9.17, 15) is 0 Å². The molecule has 76 valence electrons. The van der Waals surface area contributed by atoms with Crippen molar-refractivity contribution in [1.29, 1.82) is 0 Å². The van der Waals surface area contributed by atoms with Crippen LogP contribution in [0.5, 0.6) is 0 Å². The van der Waals surface area contributed by atoms with Gasteiger partial charge in [-0.3, -0.25) is 15.3 Å². The second-order valence-electron chi connectivity index (χ2n) is 1.81.